The monoisotopic (exact) mass is 392 g/mol. The van der Waals surface area contributed by atoms with Crippen LogP contribution in [0.4, 0.5) is 5.82 Å². The lowest BCUT2D eigenvalue weighted by Crippen LogP contribution is -2.26. The third kappa shape index (κ3) is 3.08. The number of rotatable bonds is 4. The lowest BCUT2D eigenvalue weighted by atomic mass is 10.1. The number of nitrogens with zero attached hydrogens (tertiary/aromatic N) is 5. The molecule has 0 amide bonds. The standard InChI is InChI=1S/C21H24N6O2/c1-26-12-24-16-8-15(14-2-3-17(23-9-14)21(22)5-6-21)25-19(18(16)20(26)29)27-7-4-13(10-27)11-28/h2-3,8-9,12-13,28H,4-7,10-11,22H2,1H3. The van der Waals surface area contributed by atoms with Crippen LogP contribution in [0.25, 0.3) is 22.2 Å². The first-order valence-electron chi connectivity index (χ1n) is 9.96. The molecule has 3 aromatic heterocycles. The Kier molecular flexibility index (Phi) is 4.15. The van der Waals surface area contributed by atoms with E-state index in [-0.39, 0.29) is 23.6 Å². The fraction of sp³-hybridized carbons (Fsp3) is 0.429. The SMILES string of the molecule is Cn1cnc2cc(-c3ccc(C4(N)CC4)nc3)nc(N3CCC(CO)C3)c2c1=O. The van der Waals surface area contributed by atoms with E-state index in [1.807, 2.05) is 18.2 Å². The quantitative estimate of drug-likeness (QED) is 0.685. The minimum absolute atomic E-state index is 0.122. The molecule has 2 fully saturated rings. The van der Waals surface area contributed by atoms with Crippen molar-refractivity contribution in [3.63, 3.8) is 0 Å². The van der Waals surface area contributed by atoms with Crippen molar-refractivity contribution < 1.29 is 5.11 Å². The number of aromatic nitrogens is 4. The Morgan fingerprint density at radius 1 is 1.31 bits per heavy atom. The molecule has 150 valence electrons. The molecule has 5 rings (SSSR count). The maximum Gasteiger partial charge on any atom is 0.264 e. The molecule has 1 unspecified atom stereocenters. The maximum absolute atomic E-state index is 12.8. The summed E-state index contributed by atoms with van der Waals surface area (Å²) in [5.74, 6) is 0.819. The van der Waals surface area contributed by atoms with E-state index in [2.05, 4.69) is 14.9 Å². The Morgan fingerprint density at radius 3 is 2.79 bits per heavy atom. The highest BCUT2D eigenvalue weighted by Crippen LogP contribution is 2.41. The Labute approximate surface area is 168 Å². The van der Waals surface area contributed by atoms with Crippen molar-refractivity contribution in [2.75, 3.05) is 24.6 Å². The Balaban J connectivity index is 1.63. The second kappa shape index (κ2) is 6.60. The molecule has 0 bridgehead atoms. The number of hydrogen-bond acceptors (Lipinski definition) is 7. The molecular weight excluding hydrogens is 368 g/mol. The molecule has 1 saturated heterocycles. The number of nitrogens with two attached hydrogens (primary N) is 1. The summed E-state index contributed by atoms with van der Waals surface area (Å²) in [6.45, 7) is 1.56. The lowest BCUT2D eigenvalue weighted by Gasteiger charge is -2.20. The van der Waals surface area contributed by atoms with Crippen LogP contribution in [-0.2, 0) is 12.6 Å². The third-order valence-corrected chi connectivity index (χ3v) is 6.09. The van der Waals surface area contributed by atoms with Crippen LogP contribution in [-0.4, -0.2) is 44.3 Å². The summed E-state index contributed by atoms with van der Waals surface area (Å²) < 4.78 is 1.47. The van der Waals surface area contributed by atoms with Gasteiger partial charge in [0.05, 0.1) is 28.8 Å². The zero-order valence-electron chi connectivity index (χ0n) is 16.4. The van der Waals surface area contributed by atoms with Crippen molar-refractivity contribution in [1.29, 1.82) is 0 Å². The average molecular weight is 392 g/mol. The van der Waals surface area contributed by atoms with Gasteiger partial charge in [-0.15, -0.1) is 0 Å². The van der Waals surface area contributed by atoms with Crippen molar-refractivity contribution in [3.05, 3.63) is 46.8 Å². The summed E-state index contributed by atoms with van der Waals surface area (Å²) in [7, 11) is 1.69. The second-order valence-corrected chi connectivity index (χ2v) is 8.26. The number of anilines is 1. The Bertz CT molecular complexity index is 1140. The minimum Gasteiger partial charge on any atom is -0.396 e. The summed E-state index contributed by atoms with van der Waals surface area (Å²) in [5, 5.41) is 10.0. The maximum atomic E-state index is 12.8. The number of aliphatic hydroxyl groups excluding tert-OH is 1. The van der Waals surface area contributed by atoms with Gasteiger partial charge in [-0.1, -0.05) is 0 Å². The number of fused-ring (bicyclic) bond motifs is 1. The van der Waals surface area contributed by atoms with Crippen molar-refractivity contribution in [1.82, 2.24) is 19.5 Å². The van der Waals surface area contributed by atoms with Crippen LogP contribution in [0.5, 0.6) is 0 Å². The molecule has 1 saturated carbocycles. The molecule has 0 aromatic carbocycles. The predicted octanol–water partition coefficient (Wildman–Crippen LogP) is 1.16. The molecule has 0 radical (unpaired) electrons. The normalized spacial score (nSPS) is 20.4. The van der Waals surface area contributed by atoms with E-state index in [9.17, 15) is 9.90 Å². The summed E-state index contributed by atoms with van der Waals surface area (Å²) in [6, 6.07) is 5.78. The first-order chi connectivity index (χ1) is 14.0. The van der Waals surface area contributed by atoms with Crippen molar-refractivity contribution in [3.8, 4) is 11.3 Å². The first-order valence-corrected chi connectivity index (χ1v) is 9.96. The van der Waals surface area contributed by atoms with E-state index in [1.54, 1.807) is 13.2 Å². The van der Waals surface area contributed by atoms with Crippen molar-refractivity contribution in [2.24, 2.45) is 18.7 Å². The van der Waals surface area contributed by atoms with Crippen molar-refractivity contribution >= 4 is 16.7 Å². The molecule has 2 aliphatic rings. The zero-order chi connectivity index (χ0) is 20.2. The summed E-state index contributed by atoms with van der Waals surface area (Å²) in [5.41, 5.74) is 8.95. The average Bonchev–Trinajstić information content (AvgIpc) is 3.31. The van der Waals surface area contributed by atoms with E-state index < -0.39 is 0 Å². The van der Waals surface area contributed by atoms with Gasteiger partial charge in [-0.25, -0.2) is 9.97 Å². The number of hydrogen-bond donors (Lipinski definition) is 2. The zero-order valence-corrected chi connectivity index (χ0v) is 16.4. The van der Waals surface area contributed by atoms with Crippen molar-refractivity contribution in [2.45, 2.75) is 24.8 Å². The molecule has 29 heavy (non-hydrogen) atoms. The highest BCUT2D eigenvalue weighted by molar-refractivity contribution is 5.91. The van der Waals surface area contributed by atoms with Crippen LogP contribution < -0.4 is 16.2 Å². The summed E-state index contributed by atoms with van der Waals surface area (Å²) >= 11 is 0. The molecule has 8 heteroatoms. The van der Waals surface area contributed by atoms with E-state index in [0.29, 0.717) is 23.3 Å². The molecule has 3 aromatic rings. The minimum atomic E-state index is -0.275. The van der Waals surface area contributed by atoms with Gasteiger partial charge in [-0.05, 0) is 37.5 Å². The van der Waals surface area contributed by atoms with Gasteiger partial charge in [0.2, 0.25) is 0 Å². The van der Waals surface area contributed by atoms with Gasteiger partial charge in [0.25, 0.3) is 5.56 Å². The molecule has 1 aliphatic carbocycles. The number of aryl methyl sites for hydroxylation is 1. The van der Waals surface area contributed by atoms with Gasteiger partial charge >= 0.3 is 0 Å². The third-order valence-electron chi connectivity index (χ3n) is 6.09. The van der Waals surface area contributed by atoms with E-state index in [1.165, 1.54) is 10.9 Å². The molecule has 1 atom stereocenters. The smallest absolute Gasteiger partial charge is 0.264 e. The Morgan fingerprint density at radius 2 is 2.14 bits per heavy atom. The van der Waals surface area contributed by atoms with Gasteiger partial charge in [0.1, 0.15) is 11.2 Å². The van der Waals surface area contributed by atoms with Gasteiger partial charge in [0.15, 0.2) is 0 Å². The number of aliphatic hydroxyl groups is 1. The second-order valence-electron chi connectivity index (χ2n) is 8.26. The van der Waals surface area contributed by atoms with Crippen LogP contribution >= 0.6 is 0 Å². The summed E-state index contributed by atoms with van der Waals surface area (Å²) in [6.07, 6.45) is 6.13. The van der Waals surface area contributed by atoms with Gasteiger partial charge in [-0.3, -0.25) is 9.78 Å². The highest BCUT2D eigenvalue weighted by atomic mass is 16.3. The molecular formula is C21H24N6O2. The van der Waals surface area contributed by atoms with Crippen LogP contribution in [0.3, 0.4) is 0 Å². The molecule has 1 aliphatic heterocycles. The highest BCUT2D eigenvalue weighted by Gasteiger charge is 2.41. The predicted molar refractivity (Wildman–Crippen MR) is 111 cm³/mol. The molecule has 8 nitrogen and oxygen atoms in total. The van der Waals surface area contributed by atoms with E-state index in [4.69, 9.17) is 10.7 Å². The molecule has 0 spiro atoms. The van der Waals surface area contributed by atoms with Gasteiger partial charge in [0, 0.05) is 44.4 Å². The molecule has 3 N–H and O–H groups in total. The number of pyridine rings is 2. The van der Waals surface area contributed by atoms with Gasteiger partial charge < -0.3 is 20.3 Å². The first kappa shape index (κ1) is 18.2. The largest absolute Gasteiger partial charge is 0.396 e. The topological polar surface area (TPSA) is 110 Å². The van der Waals surface area contributed by atoms with E-state index in [0.717, 1.165) is 42.8 Å². The lowest BCUT2D eigenvalue weighted by molar-refractivity contribution is 0.238. The van der Waals surface area contributed by atoms with Crippen LogP contribution in [0, 0.1) is 5.92 Å². The molecule has 4 heterocycles. The van der Waals surface area contributed by atoms with Gasteiger partial charge in [-0.2, -0.15) is 0 Å². The Hall–Kier alpha value is -2.84. The van der Waals surface area contributed by atoms with Crippen LogP contribution in [0.1, 0.15) is 25.0 Å². The van der Waals surface area contributed by atoms with Crippen LogP contribution in [0.15, 0.2) is 35.5 Å². The fourth-order valence-electron chi connectivity index (χ4n) is 3.98. The van der Waals surface area contributed by atoms with E-state index >= 15 is 0 Å². The summed E-state index contributed by atoms with van der Waals surface area (Å²) in [4.78, 5) is 28.8. The fourth-order valence-corrected chi connectivity index (χ4v) is 3.98. The van der Waals surface area contributed by atoms with Crippen LogP contribution in [0.2, 0.25) is 0 Å².